The van der Waals surface area contributed by atoms with Gasteiger partial charge in [-0.3, -0.25) is 9.78 Å². The number of nitrogens with zero attached hydrogens (tertiary/aromatic N) is 4. The SMILES string of the molecule is CN(CCc1ccccn1)Cc1cc2ccc(F)cc2n(CCN2CCCCC2)c1=O. The molecule has 0 spiro atoms. The molecule has 4 rings (SSSR count). The fraction of sp³-hybridized carbons (Fsp3) is 0.440. The Bertz CT molecular complexity index is 1060. The minimum atomic E-state index is -0.307. The van der Waals surface area contributed by atoms with Crippen molar-refractivity contribution in [2.45, 2.75) is 38.8 Å². The monoisotopic (exact) mass is 422 g/mol. The number of rotatable bonds is 8. The molecule has 1 fully saturated rings. The second-order valence-electron chi connectivity index (χ2n) is 8.54. The molecule has 1 aliphatic rings. The number of benzene rings is 1. The Balaban J connectivity index is 1.54. The number of aromatic nitrogens is 2. The fourth-order valence-corrected chi connectivity index (χ4v) is 4.39. The standard InChI is InChI=1S/C25H31FN4O/c1-28(14-10-23-7-3-4-11-27-23)19-21-17-20-8-9-22(26)18-24(20)30(25(21)31)16-15-29-12-5-2-6-13-29/h3-4,7-9,11,17-18H,2,5-6,10,12-16,19H2,1H3. The maximum absolute atomic E-state index is 14.0. The zero-order valence-corrected chi connectivity index (χ0v) is 18.3. The number of likely N-dealkylation sites (tertiary alicyclic amines) is 1. The van der Waals surface area contributed by atoms with Crippen LogP contribution < -0.4 is 5.56 Å². The number of hydrogen-bond donors (Lipinski definition) is 0. The summed E-state index contributed by atoms with van der Waals surface area (Å²) in [5.41, 5.74) is 2.46. The molecule has 5 nitrogen and oxygen atoms in total. The lowest BCUT2D eigenvalue weighted by Gasteiger charge is -2.27. The third-order valence-corrected chi connectivity index (χ3v) is 6.14. The number of halogens is 1. The molecule has 31 heavy (non-hydrogen) atoms. The Labute approximate surface area is 183 Å². The molecule has 0 radical (unpaired) electrons. The molecule has 3 heterocycles. The molecule has 0 amide bonds. The summed E-state index contributed by atoms with van der Waals surface area (Å²) in [6.07, 6.45) is 6.35. The predicted molar refractivity (Wildman–Crippen MR) is 123 cm³/mol. The van der Waals surface area contributed by atoms with Crippen molar-refractivity contribution in [2.24, 2.45) is 0 Å². The smallest absolute Gasteiger partial charge is 0.255 e. The number of piperidine rings is 1. The van der Waals surface area contributed by atoms with Gasteiger partial charge in [-0.25, -0.2) is 4.39 Å². The normalized spacial score (nSPS) is 15.1. The molecule has 0 aliphatic carbocycles. The minimum absolute atomic E-state index is 0.0141. The summed E-state index contributed by atoms with van der Waals surface area (Å²) in [7, 11) is 2.02. The number of fused-ring (bicyclic) bond motifs is 1. The highest BCUT2D eigenvalue weighted by molar-refractivity contribution is 5.79. The van der Waals surface area contributed by atoms with Crippen molar-refractivity contribution in [2.75, 3.05) is 33.2 Å². The molecule has 1 aliphatic heterocycles. The third kappa shape index (κ3) is 5.57. The third-order valence-electron chi connectivity index (χ3n) is 6.14. The summed E-state index contributed by atoms with van der Waals surface area (Å²) < 4.78 is 15.7. The van der Waals surface area contributed by atoms with Crippen molar-refractivity contribution in [3.05, 3.63) is 76.1 Å². The summed E-state index contributed by atoms with van der Waals surface area (Å²) in [6, 6.07) is 12.6. The van der Waals surface area contributed by atoms with Gasteiger partial charge in [0.25, 0.3) is 5.56 Å². The van der Waals surface area contributed by atoms with Gasteiger partial charge >= 0.3 is 0 Å². The highest BCUT2D eigenvalue weighted by atomic mass is 19.1. The first-order chi connectivity index (χ1) is 15.1. The Morgan fingerprint density at radius 2 is 1.90 bits per heavy atom. The highest BCUT2D eigenvalue weighted by Crippen LogP contribution is 2.17. The molecule has 0 N–H and O–H groups in total. The summed E-state index contributed by atoms with van der Waals surface area (Å²) in [6.45, 7) is 4.94. The summed E-state index contributed by atoms with van der Waals surface area (Å²) in [5, 5.41) is 0.910. The number of pyridine rings is 2. The second kappa shape index (κ2) is 10.2. The minimum Gasteiger partial charge on any atom is -0.307 e. The average molecular weight is 423 g/mol. The van der Waals surface area contributed by atoms with Gasteiger partial charge in [-0.1, -0.05) is 12.5 Å². The van der Waals surface area contributed by atoms with Crippen LogP contribution in [0.3, 0.4) is 0 Å². The molecule has 0 atom stereocenters. The van der Waals surface area contributed by atoms with Crippen LogP contribution in [0.25, 0.3) is 10.9 Å². The largest absolute Gasteiger partial charge is 0.307 e. The molecule has 2 aromatic heterocycles. The van der Waals surface area contributed by atoms with Crippen LogP contribution in [0.5, 0.6) is 0 Å². The van der Waals surface area contributed by atoms with E-state index in [0.717, 1.165) is 49.2 Å². The van der Waals surface area contributed by atoms with Crippen LogP contribution in [0.4, 0.5) is 4.39 Å². The van der Waals surface area contributed by atoms with Crippen molar-refractivity contribution < 1.29 is 4.39 Å². The predicted octanol–water partition coefficient (Wildman–Crippen LogP) is 3.70. The van der Waals surface area contributed by atoms with E-state index in [1.54, 1.807) is 16.8 Å². The van der Waals surface area contributed by atoms with E-state index < -0.39 is 0 Å². The molecular formula is C25H31FN4O. The van der Waals surface area contributed by atoms with E-state index in [-0.39, 0.29) is 11.4 Å². The Morgan fingerprint density at radius 1 is 1.06 bits per heavy atom. The van der Waals surface area contributed by atoms with Crippen molar-refractivity contribution in [3.63, 3.8) is 0 Å². The van der Waals surface area contributed by atoms with E-state index in [0.29, 0.717) is 18.6 Å². The van der Waals surface area contributed by atoms with Gasteiger partial charge in [-0.15, -0.1) is 0 Å². The maximum atomic E-state index is 14.0. The van der Waals surface area contributed by atoms with Crippen LogP contribution in [-0.2, 0) is 19.5 Å². The molecule has 164 valence electrons. The summed E-state index contributed by atoms with van der Waals surface area (Å²) >= 11 is 0. The van der Waals surface area contributed by atoms with Crippen molar-refractivity contribution in [3.8, 4) is 0 Å². The maximum Gasteiger partial charge on any atom is 0.255 e. The van der Waals surface area contributed by atoms with Gasteiger partial charge in [-0.2, -0.15) is 0 Å². The summed E-state index contributed by atoms with van der Waals surface area (Å²) in [5.74, 6) is -0.307. The molecule has 3 aromatic rings. The van der Waals surface area contributed by atoms with E-state index in [1.165, 1.54) is 31.4 Å². The van der Waals surface area contributed by atoms with Gasteiger partial charge in [0.1, 0.15) is 5.82 Å². The topological polar surface area (TPSA) is 41.4 Å². The zero-order valence-electron chi connectivity index (χ0n) is 18.3. The van der Waals surface area contributed by atoms with Crippen LogP contribution >= 0.6 is 0 Å². The van der Waals surface area contributed by atoms with Gasteiger partial charge in [0.15, 0.2) is 0 Å². The quantitative estimate of drug-likeness (QED) is 0.555. The number of hydrogen-bond acceptors (Lipinski definition) is 4. The molecule has 0 bridgehead atoms. The molecule has 1 aromatic carbocycles. The Hall–Kier alpha value is -2.57. The van der Waals surface area contributed by atoms with Crippen LogP contribution in [0.15, 0.2) is 53.5 Å². The van der Waals surface area contributed by atoms with Gasteiger partial charge < -0.3 is 14.4 Å². The van der Waals surface area contributed by atoms with Gasteiger partial charge in [-0.05, 0) is 74.8 Å². The van der Waals surface area contributed by atoms with Crippen LogP contribution in [-0.4, -0.2) is 52.6 Å². The Kier molecular flexibility index (Phi) is 7.10. The lowest BCUT2D eigenvalue weighted by Crippen LogP contribution is -2.36. The van der Waals surface area contributed by atoms with Crippen LogP contribution in [0, 0.1) is 5.82 Å². The lowest BCUT2D eigenvalue weighted by molar-refractivity contribution is 0.220. The zero-order chi connectivity index (χ0) is 21.6. The highest BCUT2D eigenvalue weighted by Gasteiger charge is 2.15. The first-order valence-corrected chi connectivity index (χ1v) is 11.2. The van der Waals surface area contributed by atoms with E-state index in [1.807, 2.05) is 31.3 Å². The fourth-order valence-electron chi connectivity index (χ4n) is 4.39. The van der Waals surface area contributed by atoms with E-state index >= 15 is 0 Å². The first-order valence-electron chi connectivity index (χ1n) is 11.2. The van der Waals surface area contributed by atoms with Crippen LogP contribution in [0.2, 0.25) is 0 Å². The molecule has 0 unspecified atom stereocenters. The summed E-state index contributed by atoms with van der Waals surface area (Å²) in [4.78, 5) is 22.3. The lowest BCUT2D eigenvalue weighted by atomic mass is 10.1. The van der Waals surface area contributed by atoms with E-state index in [2.05, 4.69) is 14.8 Å². The average Bonchev–Trinajstić information content (AvgIpc) is 2.79. The Morgan fingerprint density at radius 3 is 2.68 bits per heavy atom. The van der Waals surface area contributed by atoms with Gasteiger partial charge in [0, 0.05) is 50.1 Å². The molecule has 0 saturated carbocycles. The van der Waals surface area contributed by atoms with E-state index in [4.69, 9.17) is 0 Å². The van der Waals surface area contributed by atoms with Gasteiger partial charge in [0.2, 0.25) is 0 Å². The molecule has 1 saturated heterocycles. The molecule has 6 heteroatoms. The van der Waals surface area contributed by atoms with Gasteiger partial charge in [0.05, 0.1) is 5.52 Å². The molecular weight excluding hydrogens is 391 g/mol. The second-order valence-corrected chi connectivity index (χ2v) is 8.54. The van der Waals surface area contributed by atoms with Crippen molar-refractivity contribution in [1.29, 1.82) is 0 Å². The van der Waals surface area contributed by atoms with Crippen molar-refractivity contribution in [1.82, 2.24) is 19.4 Å². The van der Waals surface area contributed by atoms with Crippen LogP contribution in [0.1, 0.15) is 30.5 Å². The first kappa shape index (κ1) is 21.7. The number of likely N-dealkylation sites (N-methyl/N-ethyl adjacent to an activating group) is 1. The van der Waals surface area contributed by atoms with Crippen molar-refractivity contribution >= 4 is 10.9 Å². The van der Waals surface area contributed by atoms with E-state index in [9.17, 15) is 9.18 Å².